The van der Waals surface area contributed by atoms with Crippen molar-refractivity contribution in [2.24, 2.45) is 0 Å². The number of anilines is 1. The predicted octanol–water partition coefficient (Wildman–Crippen LogP) is 4.04. The maximum absolute atomic E-state index is 12.1. The third-order valence-electron chi connectivity index (χ3n) is 3.72. The summed E-state index contributed by atoms with van der Waals surface area (Å²) in [7, 11) is 1.61. The lowest BCUT2D eigenvalue weighted by atomic mass is 10.1. The van der Waals surface area contributed by atoms with Gasteiger partial charge in [-0.25, -0.2) is 0 Å². The molecule has 7 heteroatoms. The Kier molecular flexibility index (Phi) is 5.91. The molecule has 1 N–H and O–H groups in total. The smallest absolute Gasteiger partial charge is 0.277 e. The standard InChI is InChI=1S/C19H19N3O3S/c1-3-13-4-8-15(9-5-13)20-17(23)12-26-19-22-21-18(25-19)14-6-10-16(24-2)11-7-14/h4-11H,3,12H2,1-2H3,(H,20,23). The Labute approximate surface area is 156 Å². The summed E-state index contributed by atoms with van der Waals surface area (Å²) in [4.78, 5) is 12.1. The van der Waals surface area contributed by atoms with Gasteiger partial charge in [0, 0.05) is 11.3 Å². The molecule has 2 aromatic carbocycles. The number of aromatic nitrogens is 2. The van der Waals surface area contributed by atoms with Crippen molar-refractivity contribution in [2.45, 2.75) is 18.6 Å². The van der Waals surface area contributed by atoms with Crippen molar-refractivity contribution >= 4 is 23.4 Å². The summed E-state index contributed by atoms with van der Waals surface area (Å²) in [5, 5.41) is 11.2. The number of ether oxygens (including phenoxy) is 1. The number of nitrogens with one attached hydrogen (secondary N) is 1. The average molecular weight is 369 g/mol. The number of carbonyl (C=O) groups excluding carboxylic acids is 1. The minimum atomic E-state index is -0.122. The zero-order valence-corrected chi connectivity index (χ0v) is 15.4. The van der Waals surface area contributed by atoms with E-state index in [0.717, 1.165) is 23.4 Å². The van der Waals surface area contributed by atoms with Gasteiger partial charge in [-0.05, 0) is 48.4 Å². The van der Waals surface area contributed by atoms with Gasteiger partial charge in [-0.15, -0.1) is 10.2 Å². The lowest BCUT2D eigenvalue weighted by molar-refractivity contribution is -0.113. The van der Waals surface area contributed by atoms with Crippen LogP contribution in [-0.2, 0) is 11.2 Å². The number of methoxy groups -OCH3 is 1. The highest BCUT2D eigenvalue weighted by Crippen LogP contribution is 2.25. The summed E-state index contributed by atoms with van der Waals surface area (Å²) in [5.74, 6) is 1.24. The van der Waals surface area contributed by atoms with Gasteiger partial charge in [0.1, 0.15) is 5.75 Å². The fourth-order valence-corrected chi connectivity index (χ4v) is 2.83. The summed E-state index contributed by atoms with van der Waals surface area (Å²) in [5.41, 5.74) is 2.80. The number of hydrogen-bond acceptors (Lipinski definition) is 6. The number of carbonyl (C=O) groups is 1. The van der Waals surface area contributed by atoms with E-state index in [2.05, 4.69) is 22.4 Å². The van der Waals surface area contributed by atoms with Crippen molar-refractivity contribution < 1.29 is 13.9 Å². The molecule has 0 spiro atoms. The zero-order valence-electron chi connectivity index (χ0n) is 14.6. The van der Waals surface area contributed by atoms with Gasteiger partial charge < -0.3 is 14.5 Å². The van der Waals surface area contributed by atoms with Crippen LogP contribution in [0.1, 0.15) is 12.5 Å². The van der Waals surface area contributed by atoms with Crippen LogP contribution in [0, 0.1) is 0 Å². The molecule has 0 bridgehead atoms. The highest BCUT2D eigenvalue weighted by Gasteiger charge is 2.11. The molecule has 26 heavy (non-hydrogen) atoms. The highest BCUT2D eigenvalue weighted by molar-refractivity contribution is 7.99. The molecule has 1 aromatic heterocycles. The molecule has 0 radical (unpaired) electrons. The lowest BCUT2D eigenvalue weighted by Gasteiger charge is -2.04. The monoisotopic (exact) mass is 369 g/mol. The van der Waals surface area contributed by atoms with Gasteiger partial charge in [-0.1, -0.05) is 30.8 Å². The third-order valence-corrected chi connectivity index (χ3v) is 4.53. The van der Waals surface area contributed by atoms with Crippen LogP contribution in [0.4, 0.5) is 5.69 Å². The van der Waals surface area contributed by atoms with Crippen molar-refractivity contribution in [2.75, 3.05) is 18.2 Å². The molecule has 3 rings (SSSR count). The Morgan fingerprint density at radius 3 is 2.50 bits per heavy atom. The van der Waals surface area contributed by atoms with E-state index in [4.69, 9.17) is 9.15 Å². The summed E-state index contributed by atoms with van der Waals surface area (Å²) < 4.78 is 10.7. The first-order chi connectivity index (χ1) is 12.7. The molecule has 0 aliphatic rings. The second kappa shape index (κ2) is 8.53. The molecule has 0 aliphatic carbocycles. The average Bonchev–Trinajstić information content (AvgIpc) is 3.16. The van der Waals surface area contributed by atoms with Gasteiger partial charge in [-0.3, -0.25) is 4.79 Å². The minimum absolute atomic E-state index is 0.122. The van der Waals surface area contributed by atoms with E-state index >= 15 is 0 Å². The Bertz CT molecular complexity index is 860. The van der Waals surface area contributed by atoms with Gasteiger partial charge in [0.25, 0.3) is 5.22 Å². The fraction of sp³-hybridized carbons (Fsp3) is 0.211. The van der Waals surface area contributed by atoms with Crippen molar-refractivity contribution in [1.82, 2.24) is 10.2 Å². The molecule has 1 amide bonds. The summed E-state index contributed by atoms with van der Waals surface area (Å²) in [6.45, 7) is 2.09. The quantitative estimate of drug-likeness (QED) is 0.634. The summed E-state index contributed by atoms with van der Waals surface area (Å²) >= 11 is 1.20. The van der Waals surface area contributed by atoms with E-state index in [0.29, 0.717) is 11.1 Å². The number of hydrogen-bond donors (Lipinski definition) is 1. The summed E-state index contributed by atoms with van der Waals surface area (Å²) in [6, 6.07) is 15.1. The van der Waals surface area contributed by atoms with Crippen molar-refractivity contribution in [3.8, 4) is 17.2 Å². The van der Waals surface area contributed by atoms with E-state index in [1.807, 2.05) is 48.5 Å². The molecule has 0 aliphatic heterocycles. The summed E-state index contributed by atoms with van der Waals surface area (Å²) in [6.07, 6.45) is 0.970. The number of rotatable bonds is 7. The van der Waals surface area contributed by atoms with E-state index in [9.17, 15) is 4.79 Å². The molecule has 0 saturated heterocycles. The normalized spacial score (nSPS) is 10.5. The first-order valence-electron chi connectivity index (χ1n) is 8.17. The van der Waals surface area contributed by atoms with Crippen molar-refractivity contribution in [1.29, 1.82) is 0 Å². The molecule has 0 fully saturated rings. The molecule has 0 atom stereocenters. The Balaban J connectivity index is 1.54. The van der Waals surface area contributed by atoms with Crippen LogP contribution in [0.3, 0.4) is 0 Å². The first kappa shape index (κ1) is 18.0. The molecule has 134 valence electrons. The van der Waals surface area contributed by atoms with Crippen LogP contribution in [0.25, 0.3) is 11.5 Å². The van der Waals surface area contributed by atoms with Crippen LogP contribution in [0.15, 0.2) is 58.2 Å². The maximum atomic E-state index is 12.1. The molecule has 0 unspecified atom stereocenters. The van der Waals surface area contributed by atoms with E-state index in [1.165, 1.54) is 17.3 Å². The number of nitrogens with zero attached hydrogens (tertiary/aromatic N) is 2. The second-order valence-electron chi connectivity index (χ2n) is 5.49. The Hall–Kier alpha value is -2.80. The van der Waals surface area contributed by atoms with E-state index in [-0.39, 0.29) is 11.7 Å². The Morgan fingerprint density at radius 1 is 1.12 bits per heavy atom. The number of benzene rings is 2. The van der Waals surface area contributed by atoms with Gasteiger partial charge in [0.05, 0.1) is 12.9 Å². The molecule has 3 aromatic rings. The van der Waals surface area contributed by atoms with Crippen LogP contribution >= 0.6 is 11.8 Å². The van der Waals surface area contributed by atoms with E-state index < -0.39 is 0 Å². The molecule has 0 saturated carbocycles. The maximum Gasteiger partial charge on any atom is 0.277 e. The minimum Gasteiger partial charge on any atom is -0.497 e. The first-order valence-corrected chi connectivity index (χ1v) is 9.16. The van der Waals surface area contributed by atoms with Gasteiger partial charge >= 0.3 is 0 Å². The van der Waals surface area contributed by atoms with E-state index in [1.54, 1.807) is 7.11 Å². The lowest BCUT2D eigenvalue weighted by Crippen LogP contribution is -2.13. The Morgan fingerprint density at radius 2 is 1.85 bits per heavy atom. The van der Waals surface area contributed by atoms with Gasteiger partial charge in [-0.2, -0.15) is 0 Å². The topological polar surface area (TPSA) is 77.2 Å². The van der Waals surface area contributed by atoms with Crippen LogP contribution in [0.2, 0.25) is 0 Å². The third kappa shape index (κ3) is 4.64. The predicted molar refractivity (Wildman–Crippen MR) is 101 cm³/mol. The SMILES string of the molecule is CCc1ccc(NC(=O)CSc2nnc(-c3ccc(OC)cc3)o2)cc1. The number of thioether (sulfide) groups is 1. The molecular weight excluding hydrogens is 350 g/mol. The van der Waals surface area contributed by atoms with Crippen LogP contribution in [-0.4, -0.2) is 29.0 Å². The number of aryl methyl sites for hydroxylation is 1. The van der Waals surface area contributed by atoms with Crippen LogP contribution in [0.5, 0.6) is 5.75 Å². The largest absolute Gasteiger partial charge is 0.497 e. The van der Waals surface area contributed by atoms with Gasteiger partial charge in [0.15, 0.2) is 0 Å². The second-order valence-corrected chi connectivity index (χ2v) is 6.42. The fourth-order valence-electron chi connectivity index (χ4n) is 2.27. The number of amides is 1. The van der Waals surface area contributed by atoms with Crippen LogP contribution < -0.4 is 10.1 Å². The molecule has 6 nitrogen and oxygen atoms in total. The molecular formula is C19H19N3O3S. The van der Waals surface area contributed by atoms with Crippen molar-refractivity contribution in [3.63, 3.8) is 0 Å². The van der Waals surface area contributed by atoms with Gasteiger partial charge in [0.2, 0.25) is 11.8 Å². The highest BCUT2D eigenvalue weighted by atomic mass is 32.2. The molecule has 1 heterocycles. The van der Waals surface area contributed by atoms with Crippen molar-refractivity contribution in [3.05, 3.63) is 54.1 Å². The zero-order chi connectivity index (χ0) is 18.4.